The first-order chi connectivity index (χ1) is 7.97. The number of nitrogens with one attached hydrogen (secondary N) is 1. The van der Waals surface area contributed by atoms with Crippen LogP contribution < -0.4 is 5.32 Å². The molecule has 90 valence electrons. The topological polar surface area (TPSA) is 75.4 Å². The standard InChI is InChI=1S/C10H8Cl2N2O3/c1-4(9(15)16)13-10-14-7-2-5(11)6(12)3-8(7)17-10/h2-4H,1H3,(H,13,14)(H,15,16)/t4-/m1/s1. The SMILES string of the molecule is C[C@@H](Nc1nc2cc(Cl)c(Cl)cc2o1)C(=O)O. The van der Waals surface area contributed by atoms with Gasteiger partial charge >= 0.3 is 5.97 Å². The third-order valence-corrected chi connectivity index (χ3v) is 2.86. The molecule has 0 radical (unpaired) electrons. The van der Waals surface area contributed by atoms with Gasteiger partial charge in [-0.05, 0) is 13.0 Å². The van der Waals surface area contributed by atoms with Gasteiger partial charge in [0, 0.05) is 6.07 Å². The number of carboxylic acids is 1. The second-order valence-electron chi connectivity index (χ2n) is 3.46. The maximum Gasteiger partial charge on any atom is 0.325 e. The van der Waals surface area contributed by atoms with Crippen molar-refractivity contribution in [3.05, 3.63) is 22.2 Å². The zero-order valence-corrected chi connectivity index (χ0v) is 10.2. The number of carbonyl (C=O) groups is 1. The maximum absolute atomic E-state index is 10.7. The van der Waals surface area contributed by atoms with Crippen LogP contribution in [0.1, 0.15) is 6.92 Å². The zero-order chi connectivity index (χ0) is 12.6. The summed E-state index contributed by atoms with van der Waals surface area (Å²) in [5, 5.41) is 12.1. The number of nitrogens with zero attached hydrogens (tertiary/aromatic N) is 1. The number of hydrogen-bond acceptors (Lipinski definition) is 4. The summed E-state index contributed by atoms with van der Waals surface area (Å²) >= 11 is 11.6. The van der Waals surface area contributed by atoms with Crippen LogP contribution in [-0.2, 0) is 4.79 Å². The fraction of sp³-hybridized carbons (Fsp3) is 0.200. The highest BCUT2D eigenvalue weighted by atomic mass is 35.5. The normalized spacial score (nSPS) is 12.6. The maximum atomic E-state index is 10.7. The van der Waals surface area contributed by atoms with Crippen LogP contribution in [0.3, 0.4) is 0 Å². The summed E-state index contributed by atoms with van der Waals surface area (Å²) in [7, 11) is 0. The van der Waals surface area contributed by atoms with E-state index in [1.807, 2.05) is 0 Å². The predicted octanol–water partition coefficient (Wildman–Crippen LogP) is 3.02. The molecule has 0 saturated heterocycles. The number of anilines is 1. The minimum atomic E-state index is -0.997. The molecule has 0 unspecified atom stereocenters. The molecule has 1 heterocycles. The smallest absolute Gasteiger partial charge is 0.325 e. The molecule has 5 nitrogen and oxygen atoms in total. The number of aliphatic carboxylic acids is 1. The molecule has 7 heteroatoms. The highest BCUT2D eigenvalue weighted by Crippen LogP contribution is 2.29. The summed E-state index contributed by atoms with van der Waals surface area (Å²) in [6, 6.07) is 2.41. The van der Waals surface area contributed by atoms with Gasteiger partial charge in [0.25, 0.3) is 6.01 Å². The highest BCUT2D eigenvalue weighted by Gasteiger charge is 2.15. The van der Waals surface area contributed by atoms with E-state index in [1.54, 1.807) is 6.07 Å². The lowest BCUT2D eigenvalue weighted by atomic mass is 10.3. The lowest BCUT2D eigenvalue weighted by Gasteiger charge is -2.04. The van der Waals surface area contributed by atoms with E-state index in [9.17, 15) is 4.79 Å². The average molecular weight is 275 g/mol. The average Bonchev–Trinajstić information content (AvgIpc) is 2.60. The third-order valence-electron chi connectivity index (χ3n) is 2.14. The Morgan fingerprint density at radius 3 is 2.76 bits per heavy atom. The van der Waals surface area contributed by atoms with Crippen LogP contribution in [0.15, 0.2) is 16.5 Å². The molecule has 1 atom stereocenters. The summed E-state index contributed by atoms with van der Waals surface area (Å²) < 4.78 is 5.30. The van der Waals surface area contributed by atoms with Crippen molar-refractivity contribution in [3.63, 3.8) is 0 Å². The Morgan fingerprint density at radius 1 is 1.47 bits per heavy atom. The molecule has 0 aliphatic rings. The van der Waals surface area contributed by atoms with Crippen LogP contribution in [0.2, 0.25) is 10.0 Å². The first-order valence-corrected chi connectivity index (χ1v) is 5.48. The number of benzene rings is 1. The quantitative estimate of drug-likeness (QED) is 0.900. The summed E-state index contributed by atoms with van der Waals surface area (Å²) in [6.45, 7) is 1.48. The van der Waals surface area contributed by atoms with Gasteiger partial charge in [-0.2, -0.15) is 4.98 Å². The van der Waals surface area contributed by atoms with Gasteiger partial charge in [0.1, 0.15) is 11.6 Å². The Bertz CT molecular complexity index is 543. The number of hydrogen-bond donors (Lipinski definition) is 2. The summed E-state index contributed by atoms with van der Waals surface area (Å²) in [5.41, 5.74) is 0.957. The minimum absolute atomic E-state index is 0.119. The largest absolute Gasteiger partial charge is 0.480 e. The van der Waals surface area contributed by atoms with Crippen molar-refractivity contribution in [1.82, 2.24) is 4.98 Å². The fourth-order valence-corrected chi connectivity index (χ4v) is 1.54. The second kappa shape index (κ2) is 4.43. The molecule has 1 aromatic heterocycles. The summed E-state index contributed by atoms with van der Waals surface area (Å²) in [4.78, 5) is 14.7. The van der Waals surface area contributed by atoms with Gasteiger partial charge in [0.05, 0.1) is 10.0 Å². The first kappa shape index (κ1) is 12.0. The van der Waals surface area contributed by atoms with Crippen molar-refractivity contribution in [1.29, 1.82) is 0 Å². The fourth-order valence-electron chi connectivity index (χ4n) is 1.23. The van der Waals surface area contributed by atoms with E-state index in [2.05, 4.69) is 10.3 Å². The van der Waals surface area contributed by atoms with Gasteiger partial charge in [-0.25, -0.2) is 0 Å². The Labute approximate surface area is 106 Å². The van der Waals surface area contributed by atoms with E-state index in [-0.39, 0.29) is 6.01 Å². The lowest BCUT2D eigenvalue weighted by Crippen LogP contribution is -2.25. The van der Waals surface area contributed by atoms with Gasteiger partial charge in [-0.15, -0.1) is 0 Å². The van der Waals surface area contributed by atoms with Crippen LogP contribution in [0.25, 0.3) is 11.1 Å². The molecule has 2 rings (SSSR count). The van der Waals surface area contributed by atoms with Crippen molar-refractivity contribution in [2.75, 3.05) is 5.32 Å². The summed E-state index contributed by atoms with van der Waals surface area (Å²) in [5.74, 6) is -0.997. The first-order valence-electron chi connectivity index (χ1n) is 4.72. The molecular weight excluding hydrogens is 267 g/mol. The van der Waals surface area contributed by atoms with Crippen molar-refractivity contribution in [3.8, 4) is 0 Å². The molecular formula is C10H8Cl2N2O3. The number of fused-ring (bicyclic) bond motifs is 1. The molecule has 0 aliphatic heterocycles. The van der Waals surface area contributed by atoms with Crippen LogP contribution in [0.4, 0.5) is 6.01 Å². The van der Waals surface area contributed by atoms with Crippen LogP contribution in [0.5, 0.6) is 0 Å². The van der Waals surface area contributed by atoms with Crippen molar-refractivity contribution < 1.29 is 14.3 Å². The van der Waals surface area contributed by atoms with E-state index in [1.165, 1.54) is 13.0 Å². The molecule has 2 N–H and O–H groups in total. The molecule has 0 fully saturated rings. The van der Waals surface area contributed by atoms with E-state index in [0.29, 0.717) is 21.1 Å². The molecule has 0 spiro atoms. The van der Waals surface area contributed by atoms with Crippen LogP contribution in [-0.4, -0.2) is 22.1 Å². The van der Waals surface area contributed by atoms with Gasteiger partial charge in [0.15, 0.2) is 5.58 Å². The number of oxazole rings is 1. The van der Waals surface area contributed by atoms with Gasteiger partial charge in [-0.3, -0.25) is 4.79 Å². The Morgan fingerprint density at radius 2 is 2.12 bits per heavy atom. The number of halogens is 2. The second-order valence-corrected chi connectivity index (χ2v) is 4.27. The number of aromatic nitrogens is 1. The Hall–Kier alpha value is -1.46. The minimum Gasteiger partial charge on any atom is -0.480 e. The third kappa shape index (κ3) is 2.45. The lowest BCUT2D eigenvalue weighted by molar-refractivity contribution is -0.137. The van der Waals surface area contributed by atoms with Crippen molar-refractivity contribution >= 4 is 46.3 Å². The highest BCUT2D eigenvalue weighted by molar-refractivity contribution is 6.42. The van der Waals surface area contributed by atoms with E-state index < -0.39 is 12.0 Å². The van der Waals surface area contributed by atoms with Gasteiger partial charge in [-0.1, -0.05) is 23.2 Å². The van der Waals surface area contributed by atoms with E-state index in [0.717, 1.165) is 0 Å². The molecule has 17 heavy (non-hydrogen) atoms. The molecule has 0 saturated carbocycles. The summed E-state index contributed by atoms with van der Waals surface area (Å²) in [6.07, 6.45) is 0. The van der Waals surface area contributed by atoms with Crippen molar-refractivity contribution in [2.45, 2.75) is 13.0 Å². The van der Waals surface area contributed by atoms with E-state index in [4.69, 9.17) is 32.7 Å². The molecule has 0 aliphatic carbocycles. The zero-order valence-electron chi connectivity index (χ0n) is 8.70. The van der Waals surface area contributed by atoms with Gasteiger partial charge in [0.2, 0.25) is 0 Å². The Kier molecular flexibility index (Phi) is 3.13. The monoisotopic (exact) mass is 274 g/mol. The molecule has 1 aromatic carbocycles. The molecule has 2 aromatic rings. The number of carboxylic acid groups (broad SMARTS) is 1. The Balaban J connectivity index is 2.35. The molecule has 0 bridgehead atoms. The van der Waals surface area contributed by atoms with Crippen LogP contribution in [0, 0.1) is 0 Å². The van der Waals surface area contributed by atoms with Gasteiger partial charge < -0.3 is 14.8 Å². The molecule has 0 amide bonds. The van der Waals surface area contributed by atoms with E-state index >= 15 is 0 Å². The van der Waals surface area contributed by atoms with Crippen LogP contribution >= 0.6 is 23.2 Å². The van der Waals surface area contributed by atoms with Crippen molar-refractivity contribution in [2.24, 2.45) is 0 Å². The predicted molar refractivity (Wildman–Crippen MR) is 64.7 cm³/mol. The number of rotatable bonds is 3.